The van der Waals surface area contributed by atoms with Gasteiger partial charge in [-0.05, 0) is 38.1 Å². The van der Waals surface area contributed by atoms with Crippen LogP contribution in [0, 0.1) is 0 Å². The summed E-state index contributed by atoms with van der Waals surface area (Å²) in [5.41, 5.74) is 0.209. The molecule has 0 aliphatic carbocycles. The minimum atomic E-state index is -4.76. The topological polar surface area (TPSA) is 55.8 Å². The average Bonchev–Trinajstić information content (AvgIpc) is 2.64. The van der Waals surface area contributed by atoms with Crippen LogP contribution in [0.3, 0.4) is 0 Å². The van der Waals surface area contributed by atoms with Crippen LogP contribution in [-0.4, -0.2) is 40.0 Å². The molecule has 0 saturated carbocycles. The van der Waals surface area contributed by atoms with Crippen LogP contribution in [0.1, 0.15) is 13.8 Å². The van der Waals surface area contributed by atoms with E-state index >= 15 is 0 Å². The first-order valence-corrected chi connectivity index (χ1v) is 10.3. The molecular weight excluding hydrogens is 452 g/mol. The van der Waals surface area contributed by atoms with Crippen LogP contribution in [0.5, 0.6) is 11.5 Å². The molecule has 5 nitrogen and oxygen atoms in total. The molecule has 0 saturated heterocycles. The molecule has 2 rings (SSSR count). The van der Waals surface area contributed by atoms with Crippen molar-refractivity contribution in [3.8, 4) is 11.5 Å². The van der Waals surface area contributed by atoms with Crippen molar-refractivity contribution in [3.63, 3.8) is 0 Å². The Morgan fingerprint density at radius 1 is 0.871 bits per heavy atom. The van der Waals surface area contributed by atoms with Crippen molar-refractivity contribution < 1.29 is 44.2 Å². The van der Waals surface area contributed by atoms with E-state index in [4.69, 9.17) is 0 Å². The first-order valence-electron chi connectivity index (χ1n) is 8.83. The summed E-state index contributed by atoms with van der Waals surface area (Å²) in [7, 11) is -4.55. The van der Waals surface area contributed by atoms with E-state index in [0.29, 0.717) is 6.07 Å². The monoisotopic (exact) mass is 471 g/mol. The van der Waals surface area contributed by atoms with Gasteiger partial charge in [0.05, 0.1) is 5.69 Å². The number of hydrogen-bond donors (Lipinski definition) is 0. The molecule has 0 aromatic heterocycles. The molecule has 172 valence electrons. The molecule has 2 aromatic rings. The SMILES string of the molecule is CC(C)N(c1ccccc1)S(=O)(=O)c1cc(OCC(F)(F)F)ccc1OCC(F)(F)F. The van der Waals surface area contributed by atoms with E-state index in [1.807, 2.05) is 0 Å². The molecule has 0 aliphatic rings. The highest BCUT2D eigenvalue weighted by molar-refractivity contribution is 7.93. The van der Waals surface area contributed by atoms with Crippen molar-refractivity contribution in [2.75, 3.05) is 17.5 Å². The lowest BCUT2D eigenvalue weighted by Gasteiger charge is -2.29. The Morgan fingerprint density at radius 2 is 1.42 bits per heavy atom. The van der Waals surface area contributed by atoms with Gasteiger partial charge in [0.2, 0.25) is 0 Å². The smallest absolute Gasteiger partial charge is 0.422 e. The standard InChI is InChI=1S/C19H19F6NO4S/c1-13(2)26(14-6-4-3-5-7-14)31(27,28)17-10-15(29-11-18(20,21)22)8-9-16(17)30-12-19(23,24)25/h3-10,13H,11-12H2,1-2H3. The van der Waals surface area contributed by atoms with Crippen molar-refractivity contribution in [2.45, 2.75) is 37.1 Å². The maximum atomic E-state index is 13.4. The normalized spacial score (nSPS) is 12.7. The molecule has 0 radical (unpaired) electrons. The predicted octanol–water partition coefficient (Wildman–Crippen LogP) is 5.17. The summed E-state index contributed by atoms with van der Waals surface area (Å²) in [6.07, 6.45) is -9.46. The van der Waals surface area contributed by atoms with Gasteiger partial charge in [0.25, 0.3) is 10.0 Å². The summed E-state index contributed by atoms with van der Waals surface area (Å²) in [6, 6.07) is 9.46. The number of nitrogens with zero attached hydrogens (tertiary/aromatic N) is 1. The minimum Gasteiger partial charge on any atom is -0.484 e. The third-order valence-electron chi connectivity index (χ3n) is 3.73. The van der Waals surface area contributed by atoms with Crippen molar-refractivity contribution in [1.29, 1.82) is 0 Å². The number of anilines is 1. The van der Waals surface area contributed by atoms with Crippen LogP contribution < -0.4 is 13.8 Å². The first-order chi connectivity index (χ1) is 14.2. The number of para-hydroxylation sites is 1. The Labute approximate surface area is 175 Å². The number of rotatable bonds is 8. The molecular formula is C19H19F6NO4S. The Bertz CT molecular complexity index is 975. The van der Waals surface area contributed by atoms with Crippen LogP contribution in [0.4, 0.5) is 32.0 Å². The Hall–Kier alpha value is -2.63. The fourth-order valence-corrected chi connectivity index (χ4v) is 4.43. The van der Waals surface area contributed by atoms with Gasteiger partial charge in [0.1, 0.15) is 16.4 Å². The maximum absolute atomic E-state index is 13.4. The van der Waals surface area contributed by atoms with E-state index in [9.17, 15) is 34.8 Å². The fourth-order valence-electron chi connectivity index (χ4n) is 2.62. The molecule has 12 heteroatoms. The highest BCUT2D eigenvalue weighted by atomic mass is 32.2. The summed E-state index contributed by atoms with van der Waals surface area (Å²) in [5, 5.41) is 0. The van der Waals surface area contributed by atoms with Gasteiger partial charge in [-0.15, -0.1) is 0 Å². The summed E-state index contributed by atoms with van der Waals surface area (Å²) in [4.78, 5) is -0.756. The van der Waals surface area contributed by atoms with Gasteiger partial charge in [-0.25, -0.2) is 8.42 Å². The molecule has 0 fully saturated rings. The van der Waals surface area contributed by atoms with Crippen molar-refractivity contribution in [1.82, 2.24) is 0 Å². The van der Waals surface area contributed by atoms with Gasteiger partial charge in [-0.1, -0.05) is 18.2 Å². The zero-order chi connectivity index (χ0) is 23.4. The second kappa shape index (κ2) is 9.25. The van der Waals surface area contributed by atoms with Gasteiger partial charge >= 0.3 is 12.4 Å². The molecule has 0 heterocycles. The average molecular weight is 471 g/mol. The molecule has 0 bridgehead atoms. The van der Waals surface area contributed by atoms with Crippen molar-refractivity contribution in [3.05, 3.63) is 48.5 Å². The maximum Gasteiger partial charge on any atom is 0.422 e. The Morgan fingerprint density at radius 3 is 1.94 bits per heavy atom. The number of alkyl halides is 6. The molecule has 0 unspecified atom stereocenters. The summed E-state index contributed by atoms with van der Waals surface area (Å²) in [6.45, 7) is -0.428. The molecule has 0 N–H and O–H groups in total. The van der Waals surface area contributed by atoms with E-state index < -0.39 is 58.0 Å². The van der Waals surface area contributed by atoms with E-state index in [2.05, 4.69) is 9.47 Å². The van der Waals surface area contributed by atoms with E-state index in [-0.39, 0.29) is 5.69 Å². The van der Waals surface area contributed by atoms with Crippen LogP contribution in [0.25, 0.3) is 0 Å². The van der Waals surface area contributed by atoms with E-state index in [0.717, 1.165) is 16.4 Å². The van der Waals surface area contributed by atoms with Crippen molar-refractivity contribution in [2.24, 2.45) is 0 Å². The third kappa shape index (κ3) is 6.94. The second-order valence-electron chi connectivity index (χ2n) is 6.65. The highest BCUT2D eigenvalue weighted by Gasteiger charge is 2.34. The minimum absolute atomic E-state index is 0.209. The van der Waals surface area contributed by atoms with Gasteiger partial charge < -0.3 is 9.47 Å². The Balaban J connectivity index is 2.56. The Kier molecular flexibility index (Phi) is 7.35. The zero-order valence-electron chi connectivity index (χ0n) is 16.4. The highest BCUT2D eigenvalue weighted by Crippen LogP contribution is 2.35. The number of ether oxygens (including phenoxy) is 2. The van der Waals surface area contributed by atoms with Crippen LogP contribution >= 0.6 is 0 Å². The first kappa shape index (κ1) is 24.6. The molecule has 0 atom stereocenters. The summed E-state index contributed by atoms with van der Waals surface area (Å²) < 4.78 is 112. The number of hydrogen-bond acceptors (Lipinski definition) is 4. The largest absolute Gasteiger partial charge is 0.484 e. The quantitative estimate of drug-likeness (QED) is 0.499. The summed E-state index contributed by atoms with van der Waals surface area (Å²) in [5.74, 6) is -1.16. The lowest BCUT2D eigenvalue weighted by atomic mass is 10.3. The summed E-state index contributed by atoms with van der Waals surface area (Å²) >= 11 is 0. The number of sulfonamides is 1. The zero-order valence-corrected chi connectivity index (χ0v) is 17.2. The van der Waals surface area contributed by atoms with Crippen LogP contribution in [0.2, 0.25) is 0 Å². The van der Waals surface area contributed by atoms with Gasteiger partial charge in [0, 0.05) is 12.1 Å². The second-order valence-corrected chi connectivity index (χ2v) is 8.43. The lowest BCUT2D eigenvalue weighted by molar-refractivity contribution is -0.154. The van der Waals surface area contributed by atoms with Gasteiger partial charge in [-0.2, -0.15) is 26.3 Å². The third-order valence-corrected chi connectivity index (χ3v) is 5.75. The van der Waals surface area contributed by atoms with Crippen LogP contribution in [0.15, 0.2) is 53.4 Å². The fraction of sp³-hybridized carbons (Fsp3) is 0.368. The van der Waals surface area contributed by atoms with E-state index in [1.165, 1.54) is 26.0 Å². The molecule has 0 aliphatic heterocycles. The molecule has 0 amide bonds. The van der Waals surface area contributed by atoms with Crippen LogP contribution in [-0.2, 0) is 10.0 Å². The number of benzene rings is 2. The lowest BCUT2D eigenvalue weighted by Crippen LogP contribution is -2.37. The van der Waals surface area contributed by atoms with Crippen molar-refractivity contribution >= 4 is 15.7 Å². The van der Waals surface area contributed by atoms with Gasteiger partial charge in [0.15, 0.2) is 13.2 Å². The predicted molar refractivity (Wildman–Crippen MR) is 101 cm³/mol. The number of halogens is 6. The molecule has 2 aromatic carbocycles. The molecule has 31 heavy (non-hydrogen) atoms. The van der Waals surface area contributed by atoms with E-state index in [1.54, 1.807) is 18.2 Å². The molecule has 0 spiro atoms. The van der Waals surface area contributed by atoms with Gasteiger partial charge in [-0.3, -0.25) is 4.31 Å².